The van der Waals surface area contributed by atoms with Crippen LogP contribution in [0.25, 0.3) is 0 Å². The van der Waals surface area contributed by atoms with E-state index in [2.05, 4.69) is 13.2 Å². The van der Waals surface area contributed by atoms with E-state index in [1.54, 1.807) is 17.1 Å². The first-order valence-electron chi connectivity index (χ1n) is 12.2. The van der Waals surface area contributed by atoms with Crippen LogP contribution in [0.1, 0.15) is 30.4 Å². The monoisotopic (exact) mass is 482 g/mol. The molecule has 1 spiro atoms. The van der Waals surface area contributed by atoms with Crippen molar-refractivity contribution in [3.05, 3.63) is 54.6 Å². The van der Waals surface area contributed by atoms with Gasteiger partial charge in [-0.3, -0.25) is 14.4 Å². The summed E-state index contributed by atoms with van der Waals surface area (Å²) in [5.74, 6) is -2.71. The molecule has 8 heteroatoms. The molecule has 2 amide bonds. The maximum Gasteiger partial charge on any atom is 0.312 e. The SMILES string of the molecule is C=CCCOC(=O)[C@@H]1[C@H]2C(=O)N(CCO)C(C(=O)N(CC=C)c3c(C)cccc3C)C23CC[C@H]1O3. The third-order valence-corrected chi connectivity index (χ3v) is 7.50. The van der Waals surface area contributed by atoms with Gasteiger partial charge in [-0.15, -0.1) is 13.2 Å². The van der Waals surface area contributed by atoms with Gasteiger partial charge in [-0.25, -0.2) is 0 Å². The molecule has 3 saturated heterocycles. The lowest BCUT2D eigenvalue weighted by molar-refractivity contribution is -0.155. The van der Waals surface area contributed by atoms with E-state index in [0.717, 1.165) is 16.8 Å². The van der Waals surface area contributed by atoms with Crippen LogP contribution in [0.15, 0.2) is 43.5 Å². The molecule has 1 aromatic carbocycles. The number of rotatable bonds is 10. The van der Waals surface area contributed by atoms with Gasteiger partial charge in [-0.2, -0.15) is 0 Å². The van der Waals surface area contributed by atoms with Gasteiger partial charge in [0.15, 0.2) is 0 Å². The number of β-amino-alcohol motifs (C(OH)–C–C–N with tert-alkyl or cyclic N) is 1. The zero-order valence-electron chi connectivity index (χ0n) is 20.4. The molecule has 8 nitrogen and oxygen atoms in total. The molecule has 188 valence electrons. The minimum absolute atomic E-state index is 0.0194. The highest BCUT2D eigenvalue weighted by molar-refractivity contribution is 6.05. The van der Waals surface area contributed by atoms with E-state index in [1.807, 2.05) is 32.0 Å². The first-order valence-corrected chi connectivity index (χ1v) is 12.2. The number of anilines is 1. The average Bonchev–Trinajstić information content (AvgIpc) is 3.46. The largest absolute Gasteiger partial charge is 0.465 e. The molecular formula is C27H34N2O6. The number of benzene rings is 1. The zero-order valence-corrected chi connectivity index (χ0v) is 20.4. The van der Waals surface area contributed by atoms with E-state index in [1.165, 1.54) is 4.90 Å². The summed E-state index contributed by atoms with van der Waals surface area (Å²) in [4.78, 5) is 44.0. The fourth-order valence-electron chi connectivity index (χ4n) is 6.19. The normalized spacial score (nSPS) is 28.7. The van der Waals surface area contributed by atoms with Crippen LogP contribution >= 0.6 is 0 Å². The third-order valence-electron chi connectivity index (χ3n) is 7.50. The fourth-order valence-corrected chi connectivity index (χ4v) is 6.19. The number of aliphatic hydroxyl groups is 1. The average molecular weight is 483 g/mol. The fraction of sp³-hybridized carbons (Fsp3) is 0.519. The smallest absolute Gasteiger partial charge is 0.312 e. The Kier molecular flexibility index (Phi) is 7.15. The number of aryl methyl sites for hydroxylation is 2. The van der Waals surface area contributed by atoms with Gasteiger partial charge in [0.25, 0.3) is 5.91 Å². The van der Waals surface area contributed by atoms with Crippen LogP contribution in [-0.4, -0.2) is 71.8 Å². The van der Waals surface area contributed by atoms with Crippen molar-refractivity contribution in [3.63, 3.8) is 0 Å². The first-order chi connectivity index (χ1) is 16.8. The molecule has 1 aromatic rings. The Balaban J connectivity index is 1.74. The third kappa shape index (κ3) is 3.98. The van der Waals surface area contributed by atoms with Crippen LogP contribution in [0.2, 0.25) is 0 Å². The molecule has 1 N–H and O–H groups in total. The standard InChI is InChI=1S/C27H34N2O6/c1-5-7-16-34-26(33)20-19-11-12-27(35-19)21(20)24(31)29(14-15-30)23(27)25(32)28(13-6-2)22-17(3)9-8-10-18(22)4/h5-6,8-10,19-21,23,30H,1-2,7,11-16H2,3-4H3/t19-,20+,21+,23?,27?/m1/s1. The van der Waals surface area contributed by atoms with E-state index in [9.17, 15) is 19.5 Å². The van der Waals surface area contributed by atoms with E-state index in [0.29, 0.717) is 19.3 Å². The maximum absolute atomic E-state index is 14.3. The summed E-state index contributed by atoms with van der Waals surface area (Å²) in [5, 5.41) is 9.76. The number of amides is 2. The van der Waals surface area contributed by atoms with Gasteiger partial charge in [0, 0.05) is 18.8 Å². The van der Waals surface area contributed by atoms with Crippen molar-refractivity contribution >= 4 is 23.5 Å². The quantitative estimate of drug-likeness (QED) is 0.312. The Labute approximate surface area is 206 Å². The number of ether oxygens (including phenoxy) is 2. The van der Waals surface area contributed by atoms with Gasteiger partial charge in [0.1, 0.15) is 11.6 Å². The van der Waals surface area contributed by atoms with Gasteiger partial charge >= 0.3 is 5.97 Å². The molecule has 3 aliphatic rings. The molecule has 5 atom stereocenters. The number of nitrogens with zero attached hydrogens (tertiary/aromatic N) is 2. The van der Waals surface area contributed by atoms with Crippen molar-refractivity contribution in [1.82, 2.24) is 4.90 Å². The molecule has 3 aliphatic heterocycles. The van der Waals surface area contributed by atoms with Crippen LogP contribution in [0, 0.1) is 25.7 Å². The summed E-state index contributed by atoms with van der Waals surface area (Å²) in [5.41, 5.74) is 1.48. The van der Waals surface area contributed by atoms with Gasteiger partial charge in [0.05, 0.1) is 31.2 Å². The van der Waals surface area contributed by atoms with Crippen molar-refractivity contribution in [2.75, 3.05) is 31.2 Å². The maximum atomic E-state index is 14.3. The van der Waals surface area contributed by atoms with Crippen LogP contribution in [0.4, 0.5) is 5.69 Å². The van der Waals surface area contributed by atoms with Crippen molar-refractivity contribution in [1.29, 1.82) is 0 Å². The van der Waals surface area contributed by atoms with Crippen LogP contribution in [0.3, 0.4) is 0 Å². The van der Waals surface area contributed by atoms with E-state index >= 15 is 0 Å². The number of aliphatic hydroxyl groups excluding tert-OH is 1. The molecular weight excluding hydrogens is 448 g/mol. The molecule has 35 heavy (non-hydrogen) atoms. The number of carbonyl (C=O) groups excluding carboxylic acids is 3. The lowest BCUT2D eigenvalue weighted by Gasteiger charge is -2.37. The number of fused-ring (bicyclic) bond motifs is 1. The van der Waals surface area contributed by atoms with Crippen LogP contribution in [0.5, 0.6) is 0 Å². The number of likely N-dealkylation sites (tertiary alicyclic amines) is 1. The Bertz CT molecular complexity index is 1020. The highest BCUT2D eigenvalue weighted by Crippen LogP contribution is 2.58. The summed E-state index contributed by atoms with van der Waals surface area (Å²) in [7, 11) is 0. The Morgan fingerprint density at radius 1 is 1.29 bits per heavy atom. The predicted octanol–water partition coefficient (Wildman–Crippen LogP) is 2.31. The summed E-state index contributed by atoms with van der Waals surface area (Å²) in [6.07, 6.45) is 4.40. The van der Waals surface area contributed by atoms with E-state index < -0.39 is 35.6 Å². The van der Waals surface area contributed by atoms with Gasteiger partial charge in [-0.05, 0) is 44.2 Å². The summed E-state index contributed by atoms with van der Waals surface area (Å²) in [6, 6.07) is 4.85. The summed E-state index contributed by atoms with van der Waals surface area (Å²) >= 11 is 0. The van der Waals surface area contributed by atoms with Crippen molar-refractivity contribution in [2.24, 2.45) is 11.8 Å². The Morgan fingerprint density at radius 3 is 2.63 bits per heavy atom. The molecule has 0 aromatic heterocycles. The summed E-state index contributed by atoms with van der Waals surface area (Å²) < 4.78 is 11.8. The molecule has 0 radical (unpaired) electrons. The lowest BCUT2D eigenvalue weighted by Crippen LogP contribution is -2.57. The highest BCUT2D eigenvalue weighted by Gasteiger charge is 2.75. The zero-order chi connectivity index (χ0) is 25.3. The van der Waals surface area contributed by atoms with Crippen molar-refractivity contribution < 1.29 is 29.0 Å². The van der Waals surface area contributed by atoms with Crippen molar-refractivity contribution in [2.45, 2.75) is 50.9 Å². The number of hydrogen-bond donors (Lipinski definition) is 1. The van der Waals surface area contributed by atoms with Crippen molar-refractivity contribution in [3.8, 4) is 0 Å². The van der Waals surface area contributed by atoms with E-state index in [4.69, 9.17) is 9.47 Å². The van der Waals surface area contributed by atoms with Crippen LogP contribution in [-0.2, 0) is 23.9 Å². The minimum Gasteiger partial charge on any atom is -0.465 e. The molecule has 2 unspecified atom stereocenters. The first kappa shape index (κ1) is 25.1. The molecule has 0 aliphatic carbocycles. The molecule has 3 heterocycles. The summed E-state index contributed by atoms with van der Waals surface area (Å²) in [6.45, 7) is 11.4. The number of para-hydroxylation sites is 1. The van der Waals surface area contributed by atoms with Gasteiger partial charge in [-0.1, -0.05) is 30.4 Å². The minimum atomic E-state index is -1.13. The van der Waals surface area contributed by atoms with Gasteiger partial charge < -0.3 is 24.4 Å². The second-order valence-corrected chi connectivity index (χ2v) is 9.53. The molecule has 3 fully saturated rings. The lowest BCUT2D eigenvalue weighted by atomic mass is 9.70. The molecule has 4 rings (SSSR count). The number of hydrogen-bond acceptors (Lipinski definition) is 6. The van der Waals surface area contributed by atoms with E-state index in [-0.39, 0.29) is 38.1 Å². The predicted molar refractivity (Wildman–Crippen MR) is 131 cm³/mol. The highest BCUT2D eigenvalue weighted by atomic mass is 16.6. The van der Waals surface area contributed by atoms with Crippen LogP contribution < -0.4 is 4.90 Å². The topological polar surface area (TPSA) is 96.4 Å². The number of carbonyl (C=O) groups is 3. The Hall–Kier alpha value is -2.97. The molecule has 2 bridgehead atoms. The Morgan fingerprint density at radius 2 is 2.00 bits per heavy atom. The number of esters is 1. The second-order valence-electron chi connectivity index (χ2n) is 9.53. The molecule has 0 saturated carbocycles. The second kappa shape index (κ2) is 9.95. The van der Waals surface area contributed by atoms with Gasteiger partial charge in [0.2, 0.25) is 5.91 Å².